The van der Waals surface area contributed by atoms with E-state index in [0.29, 0.717) is 26.9 Å². The summed E-state index contributed by atoms with van der Waals surface area (Å²) in [5.74, 6) is -0.865. The minimum absolute atomic E-state index is 0.229. The van der Waals surface area contributed by atoms with E-state index in [2.05, 4.69) is 9.97 Å². The number of rotatable bonds is 3. The SMILES string of the molecule is CC(C)OC(=O)C1=CN(C(=O)c2ccc(Cl)c(Cl)c2)CC(C)(C)c2c1[nH]c1ncc(Cl)cc21. The van der Waals surface area contributed by atoms with E-state index in [-0.39, 0.29) is 29.2 Å². The number of hydrogen-bond donors (Lipinski definition) is 1. The summed E-state index contributed by atoms with van der Waals surface area (Å²) in [6.07, 6.45) is 2.73. The Hall–Kier alpha value is -2.54. The summed E-state index contributed by atoms with van der Waals surface area (Å²) in [6.45, 7) is 7.83. The van der Waals surface area contributed by atoms with Crippen molar-refractivity contribution >= 4 is 63.3 Å². The van der Waals surface area contributed by atoms with Gasteiger partial charge in [0.25, 0.3) is 5.91 Å². The fourth-order valence-electron chi connectivity index (χ4n) is 4.08. The van der Waals surface area contributed by atoms with Gasteiger partial charge in [0.1, 0.15) is 5.65 Å². The first kappa shape index (κ1) is 23.6. The van der Waals surface area contributed by atoms with Crippen LogP contribution in [0.25, 0.3) is 16.6 Å². The third-order valence-electron chi connectivity index (χ3n) is 5.40. The van der Waals surface area contributed by atoms with Crippen molar-refractivity contribution in [1.82, 2.24) is 14.9 Å². The first-order valence-corrected chi connectivity index (χ1v) is 11.5. The maximum absolute atomic E-state index is 13.5. The van der Waals surface area contributed by atoms with Gasteiger partial charge in [0.2, 0.25) is 0 Å². The topological polar surface area (TPSA) is 75.3 Å². The quantitative estimate of drug-likeness (QED) is 0.426. The van der Waals surface area contributed by atoms with Gasteiger partial charge < -0.3 is 14.6 Å². The third kappa shape index (κ3) is 4.47. The second kappa shape index (κ2) is 8.67. The largest absolute Gasteiger partial charge is 0.459 e. The van der Waals surface area contributed by atoms with E-state index >= 15 is 0 Å². The Kier molecular flexibility index (Phi) is 6.20. The number of benzene rings is 1. The van der Waals surface area contributed by atoms with Crippen molar-refractivity contribution in [3.8, 4) is 0 Å². The smallest absolute Gasteiger partial charge is 0.342 e. The Morgan fingerprint density at radius 3 is 2.55 bits per heavy atom. The Morgan fingerprint density at radius 2 is 1.88 bits per heavy atom. The van der Waals surface area contributed by atoms with Crippen LogP contribution in [-0.2, 0) is 14.9 Å². The molecule has 0 unspecified atom stereocenters. The van der Waals surface area contributed by atoms with Gasteiger partial charge in [-0.05, 0) is 43.7 Å². The molecular formula is C24H22Cl3N3O3. The van der Waals surface area contributed by atoms with Crippen LogP contribution in [0.3, 0.4) is 0 Å². The summed E-state index contributed by atoms with van der Waals surface area (Å²) in [6, 6.07) is 6.50. The molecule has 1 amide bonds. The molecule has 33 heavy (non-hydrogen) atoms. The zero-order valence-electron chi connectivity index (χ0n) is 18.5. The number of amides is 1. The van der Waals surface area contributed by atoms with Crippen LogP contribution < -0.4 is 0 Å². The van der Waals surface area contributed by atoms with Gasteiger partial charge in [0.05, 0.1) is 32.4 Å². The minimum atomic E-state index is -0.567. The molecule has 4 rings (SSSR count). The van der Waals surface area contributed by atoms with Gasteiger partial charge in [-0.2, -0.15) is 0 Å². The number of H-pyrrole nitrogens is 1. The Bertz CT molecular complexity index is 1310. The standard InChI is InChI=1S/C24H22Cl3N3O3/c1-12(2)33-23(32)16-10-30(22(31)13-5-6-17(26)18(27)7-13)11-24(3,4)19-15-8-14(25)9-28-21(15)29-20(16)19/h5-10,12H,11H2,1-4H3,(H,28,29). The fraction of sp³-hybridized carbons (Fsp3) is 0.292. The number of aromatic nitrogens is 2. The highest BCUT2D eigenvalue weighted by Gasteiger charge is 2.38. The van der Waals surface area contributed by atoms with E-state index in [1.807, 2.05) is 19.9 Å². The first-order chi connectivity index (χ1) is 15.5. The number of carbonyl (C=O) groups excluding carboxylic acids is 2. The van der Waals surface area contributed by atoms with Gasteiger partial charge in [-0.3, -0.25) is 4.79 Å². The molecule has 6 nitrogen and oxygen atoms in total. The lowest BCUT2D eigenvalue weighted by molar-refractivity contribution is -0.140. The lowest BCUT2D eigenvalue weighted by Crippen LogP contribution is -2.37. The summed E-state index contributed by atoms with van der Waals surface area (Å²) >= 11 is 18.4. The van der Waals surface area contributed by atoms with E-state index in [9.17, 15) is 9.59 Å². The number of nitrogens with zero attached hydrogens (tertiary/aromatic N) is 2. The maximum Gasteiger partial charge on any atom is 0.342 e. The van der Waals surface area contributed by atoms with Gasteiger partial charge in [-0.15, -0.1) is 0 Å². The van der Waals surface area contributed by atoms with Crippen LogP contribution in [-0.4, -0.2) is 39.4 Å². The molecule has 2 aromatic heterocycles. The predicted molar refractivity (Wildman–Crippen MR) is 131 cm³/mol. The highest BCUT2D eigenvalue weighted by molar-refractivity contribution is 6.42. The first-order valence-electron chi connectivity index (χ1n) is 10.3. The summed E-state index contributed by atoms with van der Waals surface area (Å²) in [5, 5.41) is 1.89. The molecule has 1 aliphatic heterocycles. The summed E-state index contributed by atoms with van der Waals surface area (Å²) in [4.78, 5) is 35.8. The number of fused-ring (bicyclic) bond motifs is 3. The molecule has 0 bridgehead atoms. The molecule has 0 saturated carbocycles. The van der Waals surface area contributed by atoms with Crippen molar-refractivity contribution in [3.63, 3.8) is 0 Å². The number of carbonyl (C=O) groups is 2. The molecule has 0 atom stereocenters. The van der Waals surface area contributed by atoms with Gasteiger partial charge in [-0.1, -0.05) is 48.7 Å². The maximum atomic E-state index is 13.5. The number of pyridine rings is 1. The highest BCUT2D eigenvalue weighted by Crippen LogP contribution is 2.41. The van der Waals surface area contributed by atoms with Crippen molar-refractivity contribution in [2.75, 3.05) is 6.54 Å². The van der Waals surface area contributed by atoms with E-state index in [0.717, 1.165) is 10.9 Å². The van der Waals surface area contributed by atoms with Crippen molar-refractivity contribution in [2.24, 2.45) is 0 Å². The van der Waals surface area contributed by atoms with E-state index in [1.54, 1.807) is 32.2 Å². The number of hydrogen-bond acceptors (Lipinski definition) is 4. The average Bonchev–Trinajstić information content (AvgIpc) is 3.05. The number of nitrogens with one attached hydrogen (secondary N) is 1. The molecule has 0 aliphatic carbocycles. The van der Waals surface area contributed by atoms with Gasteiger partial charge in [-0.25, -0.2) is 9.78 Å². The van der Waals surface area contributed by atoms with Crippen LogP contribution in [0.5, 0.6) is 0 Å². The second-order valence-corrected chi connectivity index (χ2v) is 10.1. The number of aromatic amines is 1. The molecule has 3 heterocycles. The van der Waals surface area contributed by atoms with Crippen LogP contribution in [0.2, 0.25) is 15.1 Å². The zero-order chi connectivity index (χ0) is 24.1. The molecule has 3 aromatic rings. The second-order valence-electron chi connectivity index (χ2n) is 8.87. The van der Waals surface area contributed by atoms with Gasteiger partial charge >= 0.3 is 5.97 Å². The lowest BCUT2D eigenvalue weighted by atomic mass is 9.82. The van der Waals surface area contributed by atoms with E-state index in [1.165, 1.54) is 17.2 Å². The molecule has 1 N–H and O–H groups in total. The normalized spacial score (nSPS) is 15.3. The Balaban J connectivity index is 1.91. The summed E-state index contributed by atoms with van der Waals surface area (Å²) < 4.78 is 5.51. The monoisotopic (exact) mass is 505 g/mol. The molecule has 0 radical (unpaired) electrons. The molecule has 172 valence electrons. The third-order valence-corrected chi connectivity index (χ3v) is 6.35. The Labute approximate surface area is 206 Å². The Morgan fingerprint density at radius 1 is 1.15 bits per heavy atom. The van der Waals surface area contributed by atoms with E-state index in [4.69, 9.17) is 39.5 Å². The molecule has 9 heteroatoms. The molecule has 1 aromatic carbocycles. The highest BCUT2D eigenvalue weighted by atomic mass is 35.5. The summed E-state index contributed by atoms with van der Waals surface area (Å²) in [7, 11) is 0. The summed E-state index contributed by atoms with van der Waals surface area (Å²) in [5.41, 5.74) is 2.01. The number of esters is 1. The van der Waals surface area contributed by atoms with Gasteiger partial charge in [0.15, 0.2) is 0 Å². The van der Waals surface area contributed by atoms with Crippen molar-refractivity contribution in [1.29, 1.82) is 0 Å². The van der Waals surface area contributed by atoms with Crippen molar-refractivity contribution in [3.05, 3.63) is 68.6 Å². The molecule has 0 saturated heterocycles. The molecule has 1 aliphatic rings. The van der Waals surface area contributed by atoms with Gasteiger partial charge in [0, 0.05) is 35.3 Å². The van der Waals surface area contributed by atoms with Crippen LogP contribution in [0.1, 0.15) is 49.3 Å². The lowest BCUT2D eigenvalue weighted by Gasteiger charge is -2.29. The fourth-order valence-corrected chi connectivity index (χ4v) is 4.53. The van der Waals surface area contributed by atoms with Crippen LogP contribution >= 0.6 is 34.8 Å². The van der Waals surface area contributed by atoms with Crippen LogP contribution in [0.4, 0.5) is 0 Å². The molecule has 0 fully saturated rings. The average molecular weight is 507 g/mol. The number of halogens is 3. The predicted octanol–water partition coefficient (Wildman–Crippen LogP) is 6.25. The van der Waals surface area contributed by atoms with Crippen LogP contribution in [0.15, 0.2) is 36.7 Å². The minimum Gasteiger partial charge on any atom is -0.459 e. The molecular weight excluding hydrogens is 485 g/mol. The molecule has 0 spiro atoms. The van der Waals surface area contributed by atoms with Crippen molar-refractivity contribution in [2.45, 2.75) is 39.2 Å². The zero-order valence-corrected chi connectivity index (χ0v) is 20.8. The number of ether oxygens (including phenoxy) is 1. The van der Waals surface area contributed by atoms with E-state index < -0.39 is 11.4 Å². The van der Waals surface area contributed by atoms with Crippen LogP contribution in [0, 0.1) is 0 Å². The van der Waals surface area contributed by atoms with Crippen molar-refractivity contribution < 1.29 is 14.3 Å².